The summed E-state index contributed by atoms with van der Waals surface area (Å²) in [4.78, 5) is 20.5. The molecule has 1 aliphatic heterocycles. The number of rotatable bonds is 7. The van der Waals surface area contributed by atoms with Gasteiger partial charge >= 0.3 is 0 Å². The van der Waals surface area contributed by atoms with Gasteiger partial charge in [-0.2, -0.15) is 0 Å². The number of thioether (sulfide) groups is 1. The van der Waals surface area contributed by atoms with E-state index in [4.69, 9.17) is 9.73 Å². The zero-order valence-electron chi connectivity index (χ0n) is 17.4. The molecule has 1 saturated heterocycles. The lowest BCUT2D eigenvalue weighted by Gasteiger charge is -2.15. The van der Waals surface area contributed by atoms with Crippen LogP contribution in [-0.2, 0) is 11.2 Å². The fourth-order valence-corrected chi connectivity index (χ4v) is 4.33. The predicted octanol–water partition coefficient (Wildman–Crippen LogP) is 5.93. The Balaban J connectivity index is 1.64. The lowest BCUT2D eigenvalue weighted by molar-refractivity contribution is -0.122. The first-order chi connectivity index (χ1) is 15.2. The molecule has 1 amide bonds. The number of amidine groups is 1. The van der Waals surface area contributed by atoms with Gasteiger partial charge in [0.15, 0.2) is 5.17 Å². The second kappa shape index (κ2) is 10.1. The molecule has 5 heteroatoms. The molecule has 0 radical (unpaired) electrons. The quantitative estimate of drug-likeness (QED) is 0.438. The monoisotopic (exact) mass is 428 g/mol. The molecule has 1 aliphatic rings. The molecule has 156 valence electrons. The summed E-state index contributed by atoms with van der Waals surface area (Å²) in [7, 11) is 0. The van der Waals surface area contributed by atoms with Crippen LogP contribution in [-0.4, -0.2) is 29.1 Å². The highest BCUT2D eigenvalue weighted by molar-refractivity contribution is 8.18. The molecule has 4 rings (SSSR count). The molecule has 0 aromatic heterocycles. The minimum Gasteiger partial charge on any atom is -0.493 e. The van der Waals surface area contributed by atoms with Gasteiger partial charge in [0.05, 0.1) is 17.2 Å². The summed E-state index contributed by atoms with van der Waals surface area (Å²) in [6.45, 7) is 3.10. The van der Waals surface area contributed by atoms with Crippen LogP contribution in [0.25, 0.3) is 6.08 Å². The van der Waals surface area contributed by atoms with Crippen molar-refractivity contribution in [3.63, 3.8) is 0 Å². The van der Waals surface area contributed by atoms with E-state index in [-0.39, 0.29) is 5.91 Å². The van der Waals surface area contributed by atoms with E-state index >= 15 is 0 Å². The van der Waals surface area contributed by atoms with E-state index in [1.165, 1.54) is 17.3 Å². The molecule has 0 unspecified atom stereocenters. The maximum absolute atomic E-state index is 13.3. The molecule has 1 heterocycles. The molecule has 0 N–H and O–H groups in total. The maximum Gasteiger partial charge on any atom is 0.266 e. The summed E-state index contributed by atoms with van der Waals surface area (Å²) in [6, 6.07) is 27.7. The van der Waals surface area contributed by atoms with Gasteiger partial charge in [0, 0.05) is 12.1 Å². The zero-order valence-corrected chi connectivity index (χ0v) is 18.2. The van der Waals surface area contributed by atoms with Crippen molar-refractivity contribution in [3.05, 3.63) is 101 Å². The number of carbonyl (C=O) groups is 1. The molecule has 0 aliphatic carbocycles. The van der Waals surface area contributed by atoms with E-state index in [9.17, 15) is 4.79 Å². The molecule has 1 fully saturated rings. The van der Waals surface area contributed by atoms with Crippen molar-refractivity contribution in [2.24, 2.45) is 4.99 Å². The lowest BCUT2D eigenvalue weighted by atomic mass is 10.1. The Morgan fingerprint density at radius 3 is 2.35 bits per heavy atom. The first kappa shape index (κ1) is 20.9. The van der Waals surface area contributed by atoms with Gasteiger partial charge in [-0.25, -0.2) is 4.99 Å². The van der Waals surface area contributed by atoms with Crippen molar-refractivity contribution >= 4 is 34.6 Å². The minimum atomic E-state index is -0.0260. The number of hydrogen-bond donors (Lipinski definition) is 0. The summed E-state index contributed by atoms with van der Waals surface area (Å²) in [5, 5.41) is 0.701. The van der Waals surface area contributed by atoms with Gasteiger partial charge in [0.2, 0.25) is 0 Å². The van der Waals surface area contributed by atoms with Crippen LogP contribution in [0.4, 0.5) is 5.69 Å². The zero-order chi connectivity index (χ0) is 21.5. The lowest BCUT2D eigenvalue weighted by Crippen LogP contribution is -2.31. The largest absolute Gasteiger partial charge is 0.493 e. The van der Waals surface area contributed by atoms with Gasteiger partial charge in [-0.15, -0.1) is 0 Å². The van der Waals surface area contributed by atoms with Crippen molar-refractivity contribution in [2.75, 3.05) is 13.2 Å². The van der Waals surface area contributed by atoms with Gasteiger partial charge in [0.25, 0.3) is 5.91 Å². The number of hydrogen-bond acceptors (Lipinski definition) is 4. The van der Waals surface area contributed by atoms with Crippen LogP contribution < -0.4 is 4.74 Å². The van der Waals surface area contributed by atoms with E-state index in [0.717, 1.165) is 23.4 Å². The van der Waals surface area contributed by atoms with Crippen LogP contribution in [0.1, 0.15) is 18.1 Å². The smallest absolute Gasteiger partial charge is 0.266 e. The summed E-state index contributed by atoms with van der Waals surface area (Å²) in [5.41, 5.74) is 2.92. The molecule has 0 bridgehead atoms. The highest BCUT2D eigenvalue weighted by atomic mass is 32.2. The predicted molar refractivity (Wildman–Crippen MR) is 129 cm³/mol. The molecule has 31 heavy (non-hydrogen) atoms. The first-order valence-corrected chi connectivity index (χ1v) is 11.2. The minimum absolute atomic E-state index is 0.0260. The number of nitrogens with zero attached hydrogens (tertiary/aromatic N) is 2. The number of para-hydroxylation sites is 2. The third-order valence-corrected chi connectivity index (χ3v) is 5.85. The molecule has 4 nitrogen and oxygen atoms in total. The number of aliphatic imine (C=N–C) groups is 1. The fourth-order valence-electron chi connectivity index (χ4n) is 3.32. The first-order valence-electron chi connectivity index (χ1n) is 10.4. The van der Waals surface area contributed by atoms with E-state index in [1.807, 2.05) is 85.8 Å². The number of amides is 1. The summed E-state index contributed by atoms with van der Waals surface area (Å²) >= 11 is 1.41. The Hall–Kier alpha value is -3.31. The van der Waals surface area contributed by atoms with Crippen molar-refractivity contribution in [1.29, 1.82) is 0 Å². The molecule has 3 aromatic rings. The Kier molecular flexibility index (Phi) is 6.85. The molecular formula is C26H24N2O2S. The van der Waals surface area contributed by atoms with E-state index in [0.29, 0.717) is 23.2 Å². The number of carbonyl (C=O) groups excluding carboxylic acids is 1. The molecule has 0 atom stereocenters. The summed E-state index contributed by atoms with van der Waals surface area (Å²) < 4.78 is 5.73. The van der Waals surface area contributed by atoms with Crippen LogP contribution in [0.5, 0.6) is 5.75 Å². The summed E-state index contributed by atoms with van der Waals surface area (Å²) in [5.74, 6) is 0.747. The van der Waals surface area contributed by atoms with Crippen LogP contribution in [0.3, 0.4) is 0 Å². The highest BCUT2D eigenvalue weighted by Gasteiger charge is 2.33. The average Bonchev–Trinajstić information content (AvgIpc) is 3.09. The second-order valence-electron chi connectivity index (χ2n) is 7.00. The maximum atomic E-state index is 13.3. The topological polar surface area (TPSA) is 41.9 Å². The Morgan fingerprint density at radius 1 is 0.935 bits per heavy atom. The van der Waals surface area contributed by atoms with Crippen LogP contribution in [0, 0.1) is 0 Å². The van der Waals surface area contributed by atoms with Crippen LogP contribution in [0.15, 0.2) is 94.8 Å². The standard InChI is InChI=1S/C26H24N2O2S/c1-2-30-23-16-10-9-13-21(23)19-24-25(29)28(18-17-20-11-5-3-6-12-20)26(31-24)27-22-14-7-4-8-15-22/h3-16,19H,2,17-18H2,1H3/b24-19+,27-26?. The van der Waals surface area contributed by atoms with Crippen molar-refractivity contribution in [2.45, 2.75) is 13.3 Å². The average molecular weight is 429 g/mol. The number of ether oxygens (including phenoxy) is 1. The third kappa shape index (κ3) is 5.25. The van der Waals surface area contributed by atoms with Crippen molar-refractivity contribution in [1.82, 2.24) is 4.90 Å². The normalized spacial score (nSPS) is 16.3. The third-order valence-electron chi connectivity index (χ3n) is 4.84. The highest BCUT2D eigenvalue weighted by Crippen LogP contribution is 2.35. The molecular weight excluding hydrogens is 404 g/mol. The van der Waals surface area contributed by atoms with Crippen LogP contribution in [0.2, 0.25) is 0 Å². The van der Waals surface area contributed by atoms with E-state index < -0.39 is 0 Å². The fraction of sp³-hybridized carbons (Fsp3) is 0.154. The van der Waals surface area contributed by atoms with E-state index in [2.05, 4.69) is 12.1 Å². The van der Waals surface area contributed by atoms with Gasteiger partial charge in [-0.05, 0) is 54.9 Å². The van der Waals surface area contributed by atoms with Crippen molar-refractivity contribution < 1.29 is 9.53 Å². The van der Waals surface area contributed by atoms with Gasteiger partial charge in [0.1, 0.15) is 5.75 Å². The van der Waals surface area contributed by atoms with Gasteiger partial charge in [-0.3, -0.25) is 9.69 Å². The Morgan fingerprint density at radius 2 is 1.61 bits per heavy atom. The van der Waals surface area contributed by atoms with Crippen molar-refractivity contribution in [3.8, 4) is 5.75 Å². The Bertz CT molecular complexity index is 1090. The van der Waals surface area contributed by atoms with Gasteiger partial charge in [-0.1, -0.05) is 66.7 Å². The molecule has 0 spiro atoms. The Labute approximate surface area is 187 Å². The molecule has 3 aromatic carbocycles. The van der Waals surface area contributed by atoms with Gasteiger partial charge < -0.3 is 4.74 Å². The second-order valence-corrected chi connectivity index (χ2v) is 8.01. The van der Waals surface area contributed by atoms with E-state index in [1.54, 1.807) is 4.90 Å². The SMILES string of the molecule is CCOc1ccccc1/C=C1/SC(=Nc2ccccc2)N(CCc2ccccc2)C1=O. The summed E-state index contributed by atoms with van der Waals surface area (Å²) in [6.07, 6.45) is 2.67. The van der Waals surface area contributed by atoms with Crippen LogP contribution >= 0.6 is 11.8 Å². The number of benzene rings is 3. The molecule has 0 saturated carbocycles.